The number of nitrogens with one attached hydrogen (secondary N) is 1. The van der Waals surface area contributed by atoms with E-state index < -0.39 is 17.6 Å². The minimum atomic E-state index is -0.864. The quantitative estimate of drug-likeness (QED) is 0.644. The number of nitrogens with two attached hydrogens (primary N) is 1. The van der Waals surface area contributed by atoms with Gasteiger partial charge in [0.15, 0.2) is 0 Å². The molecule has 0 atom stereocenters. The highest BCUT2D eigenvalue weighted by Gasteiger charge is 2.12. The van der Waals surface area contributed by atoms with Crippen LogP contribution in [0.5, 0.6) is 5.75 Å². The predicted molar refractivity (Wildman–Crippen MR) is 49.6 cm³/mol. The number of carbonyl (C=O) groups is 2. The number of phenols is 1. The first-order valence-corrected chi connectivity index (χ1v) is 4.05. The van der Waals surface area contributed by atoms with Crippen molar-refractivity contribution in [3.63, 3.8) is 0 Å². The Balaban J connectivity index is 2.78. The van der Waals surface area contributed by atoms with Gasteiger partial charge in [-0.1, -0.05) is 0 Å². The second-order valence-corrected chi connectivity index (χ2v) is 2.81. The number of hydrogen-bond acceptors (Lipinski definition) is 3. The molecule has 4 N–H and O–H groups in total. The zero-order valence-corrected chi connectivity index (χ0v) is 7.66. The Morgan fingerprint density at radius 1 is 1.47 bits per heavy atom. The van der Waals surface area contributed by atoms with Crippen LogP contribution in [0.2, 0.25) is 0 Å². The number of phenolic OH excluding ortho intramolecular Hbond substituents is 1. The third-order valence-corrected chi connectivity index (χ3v) is 1.62. The van der Waals surface area contributed by atoms with Crippen LogP contribution in [0.25, 0.3) is 0 Å². The second kappa shape index (κ2) is 4.41. The smallest absolute Gasteiger partial charge is 0.254 e. The highest BCUT2D eigenvalue weighted by atomic mass is 19.1. The monoisotopic (exact) mass is 212 g/mol. The summed E-state index contributed by atoms with van der Waals surface area (Å²) in [4.78, 5) is 21.6. The molecule has 6 heteroatoms. The summed E-state index contributed by atoms with van der Waals surface area (Å²) in [6.07, 6.45) is 0. The second-order valence-electron chi connectivity index (χ2n) is 2.81. The highest BCUT2D eigenvalue weighted by Crippen LogP contribution is 2.14. The summed E-state index contributed by atoms with van der Waals surface area (Å²) in [6.45, 7) is -0.362. The van der Waals surface area contributed by atoms with Crippen molar-refractivity contribution < 1.29 is 19.1 Å². The molecule has 0 saturated carbocycles. The van der Waals surface area contributed by atoms with Gasteiger partial charge in [0, 0.05) is 6.07 Å². The van der Waals surface area contributed by atoms with Gasteiger partial charge in [-0.25, -0.2) is 4.39 Å². The molecule has 15 heavy (non-hydrogen) atoms. The zero-order valence-electron chi connectivity index (χ0n) is 7.66. The van der Waals surface area contributed by atoms with Crippen molar-refractivity contribution in [1.29, 1.82) is 0 Å². The Morgan fingerprint density at radius 2 is 2.13 bits per heavy atom. The van der Waals surface area contributed by atoms with E-state index in [2.05, 4.69) is 5.32 Å². The molecule has 0 saturated heterocycles. The number of halogens is 1. The molecule has 0 aliphatic rings. The molecular formula is C9H9FN2O3. The molecule has 0 fully saturated rings. The maximum absolute atomic E-state index is 13.1. The third kappa shape index (κ3) is 2.94. The first-order chi connectivity index (χ1) is 7.00. The molecular weight excluding hydrogens is 203 g/mol. The Labute approximate surface area is 84.7 Å². The van der Waals surface area contributed by atoms with Gasteiger partial charge in [0.05, 0.1) is 12.1 Å². The van der Waals surface area contributed by atoms with Crippen LogP contribution in [0.1, 0.15) is 10.4 Å². The number of primary amides is 1. The molecule has 1 aromatic rings. The van der Waals surface area contributed by atoms with Crippen LogP contribution in [0.3, 0.4) is 0 Å². The van der Waals surface area contributed by atoms with Crippen molar-refractivity contribution in [3.8, 4) is 5.75 Å². The van der Waals surface area contributed by atoms with Crippen molar-refractivity contribution >= 4 is 11.8 Å². The standard InChI is InChI=1S/C9H9FN2O3/c10-7-3-5(13)1-2-6(7)9(15)12-4-8(11)14/h1-3,13H,4H2,(H2,11,14)(H,12,15). The fourth-order valence-corrected chi connectivity index (χ4v) is 0.951. The number of carbonyl (C=O) groups excluding carboxylic acids is 2. The Hall–Kier alpha value is -2.11. The summed E-state index contributed by atoms with van der Waals surface area (Å²) < 4.78 is 13.1. The molecule has 0 aliphatic carbocycles. The van der Waals surface area contributed by atoms with E-state index in [1.165, 1.54) is 6.07 Å². The van der Waals surface area contributed by atoms with Crippen LogP contribution in [0.15, 0.2) is 18.2 Å². The maximum Gasteiger partial charge on any atom is 0.254 e. The molecule has 0 unspecified atom stereocenters. The van der Waals surface area contributed by atoms with Gasteiger partial charge < -0.3 is 16.2 Å². The van der Waals surface area contributed by atoms with Crippen molar-refractivity contribution in [2.75, 3.05) is 6.54 Å². The number of benzene rings is 1. The molecule has 1 aromatic carbocycles. The number of hydrogen-bond donors (Lipinski definition) is 3. The molecule has 5 nitrogen and oxygen atoms in total. The van der Waals surface area contributed by atoms with Crippen molar-refractivity contribution in [3.05, 3.63) is 29.6 Å². The molecule has 1 rings (SSSR count). The third-order valence-electron chi connectivity index (χ3n) is 1.62. The zero-order chi connectivity index (χ0) is 11.4. The minimum Gasteiger partial charge on any atom is -0.508 e. The number of aromatic hydroxyl groups is 1. The molecule has 0 aliphatic heterocycles. The molecule has 0 aromatic heterocycles. The van der Waals surface area contributed by atoms with Gasteiger partial charge in [0.25, 0.3) is 5.91 Å². The van der Waals surface area contributed by atoms with E-state index in [0.717, 1.165) is 12.1 Å². The lowest BCUT2D eigenvalue weighted by Gasteiger charge is -2.03. The molecule has 0 radical (unpaired) electrons. The summed E-state index contributed by atoms with van der Waals surface area (Å²) in [7, 11) is 0. The molecule has 0 spiro atoms. The van der Waals surface area contributed by atoms with E-state index in [-0.39, 0.29) is 17.9 Å². The summed E-state index contributed by atoms with van der Waals surface area (Å²) in [5.74, 6) is -2.62. The van der Waals surface area contributed by atoms with E-state index in [9.17, 15) is 14.0 Å². The lowest BCUT2D eigenvalue weighted by atomic mass is 10.2. The maximum atomic E-state index is 13.1. The highest BCUT2D eigenvalue weighted by molar-refractivity contribution is 5.96. The van der Waals surface area contributed by atoms with Gasteiger partial charge in [-0.15, -0.1) is 0 Å². The molecule has 0 heterocycles. The van der Waals surface area contributed by atoms with Crippen molar-refractivity contribution in [2.24, 2.45) is 5.73 Å². The van der Waals surface area contributed by atoms with Crippen LogP contribution < -0.4 is 11.1 Å². The Bertz CT molecular complexity index is 406. The van der Waals surface area contributed by atoms with Gasteiger partial charge in [-0.05, 0) is 12.1 Å². The SMILES string of the molecule is NC(=O)CNC(=O)c1ccc(O)cc1F. The number of amides is 2. The normalized spacial score (nSPS) is 9.67. The van der Waals surface area contributed by atoms with Gasteiger partial charge >= 0.3 is 0 Å². The summed E-state index contributed by atoms with van der Waals surface area (Å²) in [5, 5.41) is 11.0. The minimum absolute atomic E-state index is 0.256. The summed E-state index contributed by atoms with van der Waals surface area (Å²) >= 11 is 0. The van der Waals surface area contributed by atoms with Gasteiger partial charge in [0.1, 0.15) is 11.6 Å². The van der Waals surface area contributed by atoms with E-state index >= 15 is 0 Å². The molecule has 80 valence electrons. The summed E-state index contributed by atoms with van der Waals surface area (Å²) in [6, 6.07) is 3.09. The first kappa shape index (κ1) is 11.0. The fourth-order valence-electron chi connectivity index (χ4n) is 0.951. The van der Waals surface area contributed by atoms with Gasteiger partial charge in [0.2, 0.25) is 5.91 Å². The lowest BCUT2D eigenvalue weighted by Crippen LogP contribution is -2.33. The molecule has 2 amide bonds. The van der Waals surface area contributed by atoms with Crippen molar-refractivity contribution in [1.82, 2.24) is 5.32 Å². The van der Waals surface area contributed by atoms with E-state index in [4.69, 9.17) is 10.8 Å². The van der Waals surface area contributed by atoms with Gasteiger partial charge in [-0.3, -0.25) is 9.59 Å². The van der Waals surface area contributed by atoms with Crippen LogP contribution >= 0.6 is 0 Å². The fraction of sp³-hybridized carbons (Fsp3) is 0.111. The van der Waals surface area contributed by atoms with Crippen LogP contribution in [0.4, 0.5) is 4.39 Å². The molecule has 0 bridgehead atoms. The Kier molecular flexibility index (Phi) is 3.22. The first-order valence-electron chi connectivity index (χ1n) is 4.05. The van der Waals surface area contributed by atoms with Gasteiger partial charge in [-0.2, -0.15) is 0 Å². The van der Waals surface area contributed by atoms with E-state index in [0.29, 0.717) is 0 Å². The predicted octanol–water partition coefficient (Wildman–Crippen LogP) is -0.254. The van der Waals surface area contributed by atoms with Crippen LogP contribution in [0, 0.1) is 5.82 Å². The van der Waals surface area contributed by atoms with Crippen LogP contribution in [-0.4, -0.2) is 23.5 Å². The summed E-state index contributed by atoms with van der Waals surface area (Å²) in [5.41, 5.74) is 4.54. The average molecular weight is 212 g/mol. The lowest BCUT2D eigenvalue weighted by molar-refractivity contribution is -0.117. The topological polar surface area (TPSA) is 92.4 Å². The largest absolute Gasteiger partial charge is 0.508 e. The Morgan fingerprint density at radius 3 is 2.67 bits per heavy atom. The van der Waals surface area contributed by atoms with Crippen LogP contribution in [-0.2, 0) is 4.79 Å². The van der Waals surface area contributed by atoms with E-state index in [1.54, 1.807) is 0 Å². The van der Waals surface area contributed by atoms with E-state index in [1.807, 2.05) is 0 Å². The average Bonchev–Trinajstić information content (AvgIpc) is 2.14. The van der Waals surface area contributed by atoms with Crippen molar-refractivity contribution in [2.45, 2.75) is 0 Å². The number of rotatable bonds is 3.